The maximum Gasteiger partial charge on any atom is 0.260 e. The summed E-state index contributed by atoms with van der Waals surface area (Å²) >= 11 is 0. The van der Waals surface area contributed by atoms with Crippen LogP contribution in [0.2, 0.25) is 0 Å². The van der Waals surface area contributed by atoms with Gasteiger partial charge in [-0.2, -0.15) is 0 Å². The highest BCUT2D eigenvalue weighted by Crippen LogP contribution is 2.11. The van der Waals surface area contributed by atoms with Gasteiger partial charge in [-0.05, 0) is 25.0 Å². The van der Waals surface area contributed by atoms with Crippen molar-refractivity contribution in [3.05, 3.63) is 34.9 Å². The number of nitrogens with zero attached hydrogens (tertiary/aromatic N) is 1. The number of aryl methyl sites for hydroxylation is 2. The van der Waals surface area contributed by atoms with Gasteiger partial charge in [-0.1, -0.05) is 23.8 Å². The molecular formula is C13H20N2O2. The van der Waals surface area contributed by atoms with Crippen LogP contribution in [0.4, 0.5) is 0 Å². The van der Waals surface area contributed by atoms with Gasteiger partial charge in [-0.3, -0.25) is 10.2 Å². The van der Waals surface area contributed by atoms with E-state index in [0.717, 1.165) is 5.56 Å². The summed E-state index contributed by atoms with van der Waals surface area (Å²) in [5.41, 5.74) is 6.14. The van der Waals surface area contributed by atoms with Crippen molar-refractivity contribution in [2.75, 3.05) is 20.7 Å². The van der Waals surface area contributed by atoms with Crippen molar-refractivity contribution >= 4 is 5.91 Å². The molecule has 1 N–H and O–H groups in total. The molecule has 0 radical (unpaired) electrons. The second-order valence-electron chi connectivity index (χ2n) is 4.35. The Balaban J connectivity index is 2.40. The SMILES string of the molecule is Cc1ccc(C)c(COCC(=O)NN(C)C)c1. The summed E-state index contributed by atoms with van der Waals surface area (Å²) < 4.78 is 5.38. The zero-order valence-electron chi connectivity index (χ0n) is 10.9. The van der Waals surface area contributed by atoms with Crippen molar-refractivity contribution < 1.29 is 9.53 Å². The van der Waals surface area contributed by atoms with Crippen LogP contribution in [0.15, 0.2) is 18.2 Å². The van der Waals surface area contributed by atoms with Crippen LogP contribution in [0.1, 0.15) is 16.7 Å². The Morgan fingerprint density at radius 1 is 1.35 bits per heavy atom. The Bertz CT molecular complexity index is 389. The predicted molar refractivity (Wildman–Crippen MR) is 67.4 cm³/mol. The molecule has 0 aliphatic rings. The fraction of sp³-hybridized carbons (Fsp3) is 0.462. The molecule has 1 aromatic rings. The first-order chi connectivity index (χ1) is 7.99. The van der Waals surface area contributed by atoms with Gasteiger partial charge in [0.2, 0.25) is 0 Å². The van der Waals surface area contributed by atoms with E-state index < -0.39 is 0 Å². The van der Waals surface area contributed by atoms with E-state index in [-0.39, 0.29) is 12.5 Å². The summed E-state index contributed by atoms with van der Waals surface area (Å²) in [4.78, 5) is 11.3. The van der Waals surface area contributed by atoms with Crippen molar-refractivity contribution in [1.82, 2.24) is 10.4 Å². The molecule has 0 bridgehead atoms. The summed E-state index contributed by atoms with van der Waals surface area (Å²) in [6.07, 6.45) is 0. The Morgan fingerprint density at radius 2 is 2.06 bits per heavy atom. The van der Waals surface area contributed by atoms with Crippen molar-refractivity contribution in [2.45, 2.75) is 20.5 Å². The second-order valence-corrected chi connectivity index (χ2v) is 4.35. The third-order valence-corrected chi connectivity index (χ3v) is 2.34. The topological polar surface area (TPSA) is 41.6 Å². The van der Waals surface area contributed by atoms with Gasteiger partial charge >= 0.3 is 0 Å². The molecule has 4 heteroatoms. The molecule has 0 aliphatic carbocycles. The zero-order valence-corrected chi connectivity index (χ0v) is 10.9. The van der Waals surface area contributed by atoms with Crippen LogP contribution < -0.4 is 5.43 Å². The Kier molecular flexibility index (Phi) is 5.12. The van der Waals surface area contributed by atoms with Gasteiger partial charge in [-0.25, -0.2) is 5.01 Å². The van der Waals surface area contributed by atoms with Gasteiger partial charge < -0.3 is 4.74 Å². The van der Waals surface area contributed by atoms with Crippen LogP contribution >= 0.6 is 0 Å². The lowest BCUT2D eigenvalue weighted by molar-refractivity contribution is -0.129. The molecule has 0 saturated carbocycles. The van der Waals surface area contributed by atoms with Crippen LogP contribution in [0.5, 0.6) is 0 Å². The highest BCUT2D eigenvalue weighted by Gasteiger charge is 2.03. The normalized spacial score (nSPS) is 10.6. The van der Waals surface area contributed by atoms with Gasteiger partial charge in [0.1, 0.15) is 6.61 Å². The number of carbonyl (C=O) groups is 1. The quantitative estimate of drug-likeness (QED) is 0.786. The molecule has 0 saturated heterocycles. The lowest BCUT2D eigenvalue weighted by Gasteiger charge is -2.12. The van der Waals surface area contributed by atoms with Gasteiger partial charge in [0, 0.05) is 14.1 Å². The molecule has 1 rings (SSSR count). The molecule has 0 fully saturated rings. The zero-order chi connectivity index (χ0) is 12.8. The molecule has 0 spiro atoms. The standard InChI is InChI=1S/C13H20N2O2/c1-10-5-6-11(2)12(7-10)8-17-9-13(16)14-15(3)4/h5-7H,8-9H2,1-4H3,(H,14,16). The molecule has 0 unspecified atom stereocenters. The number of hydrogen-bond donors (Lipinski definition) is 1. The molecule has 0 atom stereocenters. The minimum atomic E-state index is -0.139. The number of hydrogen-bond acceptors (Lipinski definition) is 3. The van der Waals surface area contributed by atoms with E-state index in [1.54, 1.807) is 19.1 Å². The smallest absolute Gasteiger partial charge is 0.260 e. The van der Waals surface area contributed by atoms with Gasteiger partial charge in [-0.15, -0.1) is 0 Å². The maximum absolute atomic E-state index is 11.3. The van der Waals surface area contributed by atoms with Crippen molar-refractivity contribution in [3.8, 4) is 0 Å². The lowest BCUT2D eigenvalue weighted by Crippen LogP contribution is -2.38. The average Bonchev–Trinajstić information content (AvgIpc) is 2.22. The summed E-state index contributed by atoms with van der Waals surface area (Å²) in [5.74, 6) is -0.139. The van der Waals surface area contributed by atoms with E-state index in [2.05, 4.69) is 23.6 Å². The Hall–Kier alpha value is -1.39. The largest absolute Gasteiger partial charge is 0.367 e. The number of nitrogens with one attached hydrogen (secondary N) is 1. The van der Waals surface area contributed by atoms with E-state index in [4.69, 9.17) is 4.74 Å². The van der Waals surface area contributed by atoms with Crippen LogP contribution in [-0.4, -0.2) is 31.6 Å². The number of carbonyl (C=O) groups excluding carboxylic acids is 1. The highest BCUT2D eigenvalue weighted by molar-refractivity contribution is 5.76. The minimum Gasteiger partial charge on any atom is -0.367 e. The molecule has 1 amide bonds. The third kappa shape index (κ3) is 4.97. The van der Waals surface area contributed by atoms with E-state index in [9.17, 15) is 4.79 Å². The van der Waals surface area contributed by atoms with Crippen LogP contribution in [0.3, 0.4) is 0 Å². The average molecular weight is 236 g/mol. The van der Waals surface area contributed by atoms with Gasteiger partial charge in [0.25, 0.3) is 5.91 Å². The first-order valence-electron chi connectivity index (χ1n) is 5.59. The number of benzene rings is 1. The fourth-order valence-electron chi connectivity index (χ4n) is 1.49. The highest BCUT2D eigenvalue weighted by atomic mass is 16.5. The molecule has 94 valence electrons. The molecule has 1 aromatic carbocycles. The first kappa shape index (κ1) is 13.7. The minimum absolute atomic E-state index is 0.0750. The van der Waals surface area contributed by atoms with Crippen molar-refractivity contribution in [2.24, 2.45) is 0 Å². The van der Waals surface area contributed by atoms with Gasteiger partial charge in [0.05, 0.1) is 6.61 Å². The van der Waals surface area contributed by atoms with Crippen LogP contribution in [0, 0.1) is 13.8 Å². The van der Waals surface area contributed by atoms with E-state index in [1.165, 1.54) is 11.1 Å². The Morgan fingerprint density at radius 3 is 2.71 bits per heavy atom. The van der Waals surface area contributed by atoms with E-state index in [0.29, 0.717) is 6.61 Å². The van der Waals surface area contributed by atoms with Gasteiger partial charge in [0.15, 0.2) is 0 Å². The Labute approximate surface area is 103 Å². The molecule has 4 nitrogen and oxygen atoms in total. The van der Waals surface area contributed by atoms with Crippen LogP contribution in [-0.2, 0) is 16.1 Å². The first-order valence-corrected chi connectivity index (χ1v) is 5.59. The number of hydrazine groups is 1. The van der Waals surface area contributed by atoms with Crippen molar-refractivity contribution in [3.63, 3.8) is 0 Å². The monoisotopic (exact) mass is 236 g/mol. The molecular weight excluding hydrogens is 216 g/mol. The number of ether oxygens (including phenoxy) is 1. The lowest BCUT2D eigenvalue weighted by atomic mass is 10.1. The summed E-state index contributed by atoms with van der Waals surface area (Å²) in [7, 11) is 3.53. The molecule has 0 heterocycles. The second kappa shape index (κ2) is 6.37. The number of rotatable bonds is 5. The van der Waals surface area contributed by atoms with Crippen LogP contribution in [0.25, 0.3) is 0 Å². The summed E-state index contributed by atoms with van der Waals surface area (Å²) in [6, 6.07) is 6.21. The van der Waals surface area contributed by atoms with E-state index >= 15 is 0 Å². The molecule has 0 aliphatic heterocycles. The summed E-state index contributed by atoms with van der Waals surface area (Å²) in [5, 5.41) is 1.60. The predicted octanol–water partition coefficient (Wildman–Crippen LogP) is 1.41. The molecule has 17 heavy (non-hydrogen) atoms. The third-order valence-electron chi connectivity index (χ3n) is 2.34. The number of amides is 1. The van der Waals surface area contributed by atoms with E-state index in [1.807, 2.05) is 13.8 Å². The summed E-state index contributed by atoms with van der Waals surface area (Å²) in [6.45, 7) is 4.62. The maximum atomic E-state index is 11.3. The van der Waals surface area contributed by atoms with Crippen molar-refractivity contribution in [1.29, 1.82) is 0 Å². The molecule has 0 aromatic heterocycles. The fourth-order valence-corrected chi connectivity index (χ4v) is 1.49.